The van der Waals surface area contributed by atoms with Crippen LogP contribution in [-0.4, -0.2) is 94.8 Å². The monoisotopic (exact) mass is 523 g/mol. The number of nitrogens with zero attached hydrogens (tertiary/aromatic N) is 3. The van der Waals surface area contributed by atoms with Crippen molar-refractivity contribution in [2.75, 3.05) is 32.1 Å². The van der Waals surface area contributed by atoms with Crippen molar-refractivity contribution in [3.63, 3.8) is 0 Å². The van der Waals surface area contributed by atoms with Crippen LogP contribution in [0, 0.1) is 0 Å². The number of benzene rings is 1. The molecule has 0 spiro atoms. The van der Waals surface area contributed by atoms with Gasteiger partial charge in [-0.15, -0.1) is 11.6 Å². The molecule has 2 aliphatic heterocycles. The molecule has 0 saturated carbocycles. The molecule has 0 radical (unpaired) electrons. The minimum Gasteiger partial charge on any atom is -0.731 e. The van der Waals surface area contributed by atoms with E-state index in [4.69, 9.17) is 11.6 Å². The second-order valence-corrected chi connectivity index (χ2v) is 8.79. The molecule has 2 atom stereocenters. The number of halogens is 1. The maximum Gasteiger partial charge on any atom is 1.00 e. The van der Waals surface area contributed by atoms with Gasteiger partial charge in [-0.3, -0.25) is 24.1 Å². The normalized spacial score (nSPS) is 19.2. The van der Waals surface area contributed by atoms with Crippen LogP contribution >= 0.6 is 11.6 Å². The summed E-state index contributed by atoms with van der Waals surface area (Å²) in [5.74, 6) is -3.85. The number of urea groups is 1. The molecule has 1 aromatic carbocycles. The standard InChI is InChI=1S/C18H20ClN5O8S.Na/c19-6-7-22-8-9-23(17(28)16(22)27)18(29)21-13(11-4-2-1-3-5-11)14(25)20-12-10-24(15(12)26)33(30,31)32;/h1-5,12-13H,6-10H2,(H,20,25)(H,21,29)(H,30,31,32);/q;+1/p-1. The zero-order valence-corrected chi connectivity index (χ0v) is 21.5. The van der Waals surface area contributed by atoms with Gasteiger partial charge in [0.05, 0.1) is 6.54 Å². The smallest absolute Gasteiger partial charge is 0.731 e. The van der Waals surface area contributed by atoms with E-state index in [1.54, 1.807) is 18.2 Å². The van der Waals surface area contributed by atoms with E-state index in [-0.39, 0.29) is 59.4 Å². The van der Waals surface area contributed by atoms with E-state index < -0.39 is 58.6 Å². The number of nitrogens with one attached hydrogen (secondary N) is 2. The van der Waals surface area contributed by atoms with Gasteiger partial charge in [0.1, 0.15) is 12.1 Å². The summed E-state index contributed by atoms with van der Waals surface area (Å²) >= 11 is 5.60. The second-order valence-electron chi connectivity index (χ2n) is 7.12. The van der Waals surface area contributed by atoms with Crippen LogP contribution in [0.3, 0.4) is 0 Å². The van der Waals surface area contributed by atoms with E-state index in [9.17, 15) is 36.9 Å². The van der Waals surface area contributed by atoms with E-state index in [0.29, 0.717) is 10.5 Å². The fourth-order valence-electron chi connectivity index (χ4n) is 3.29. The Bertz CT molecular complexity index is 1090. The Kier molecular flexibility index (Phi) is 9.45. The quantitative estimate of drug-likeness (QED) is 0.117. The molecule has 16 heteroatoms. The predicted molar refractivity (Wildman–Crippen MR) is 110 cm³/mol. The Morgan fingerprint density at radius 1 is 1.12 bits per heavy atom. The van der Waals surface area contributed by atoms with Crippen LogP contribution in [0.2, 0.25) is 0 Å². The molecule has 2 saturated heterocycles. The molecule has 0 aliphatic carbocycles. The molecule has 6 amide bonds. The minimum atomic E-state index is -4.99. The van der Waals surface area contributed by atoms with Crippen molar-refractivity contribution < 1.29 is 66.5 Å². The number of carbonyl (C=O) groups is 5. The summed E-state index contributed by atoms with van der Waals surface area (Å²) in [6.07, 6.45) is 0. The van der Waals surface area contributed by atoms with Crippen LogP contribution in [0.25, 0.3) is 0 Å². The van der Waals surface area contributed by atoms with Gasteiger partial charge in [0.2, 0.25) is 5.91 Å². The first-order valence-electron chi connectivity index (χ1n) is 9.64. The first-order chi connectivity index (χ1) is 15.5. The van der Waals surface area contributed by atoms with Crippen LogP contribution in [0.1, 0.15) is 11.6 Å². The fourth-order valence-corrected chi connectivity index (χ4v) is 4.17. The summed E-state index contributed by atoms with van der Waals surface area (Å²) in [5.41, 5.74) is 0.294. The first kappa shape index (κ1) is 28.0. The topological polar surface area (TPSA) is 176 Å². The average Bonchev–Trinajstić information content (AvgIpc) is 2.77. The Morgan fingerprint density at radius 3 is 2.32 bits per heavy atom. The van der Waals surface area contributed by atoms with E-state index in [2.05, 4.69) is 10.6 Å². The van der Waals surface area contributed by atoms with Gasteiger partial charge in [-0.05, 0) is 5.56 Å². The molecule has 0 bridgehead atoms. The minimum absolute atomic E-state index is 0. The zero-order chi connectivity index (χ0) is 24.3. The molecule has 2 N–H and O–H groups in total. The molecule has 0 aromatic heterocycles. The van der Waals surface area contributed by atoms with Crippen molar-refractivity contribution in [3.05, 3.63) is 35.9 Å². The summed E-state index contributed by atoms with van der Waals surface area (Å²) in [7, 11) is -4.99. The largest absolute Gasteiger partial charge is 1.00 e. The Hall–Kier alpha value is -2.23. The number of β-lactam (4-membered cyclic amide) rings is 1. The third kappa shape index (κ3) is 6.06. The SMILES string of the molecule is O=C(NC1CN(S(=O)(=O)[O-])C1=O)C(NC(=O)N1CCN(CCCl)C(=O)C1=O)c1ccccc1.[Na+]. The molecule has 34 heavy (non-hydrogen) atoms. The first-order valence-corrected chi connectivity index (χ1v) is 11.5. The van der Waals surface area contributed by atoms with E-state index >= 15 is 0 Å². The van der Waals surface area contributed by atoms with Crippen molar-refractivity contribution in [3.8, 4) is 0 Å². The molecular weight excluding hydrogens is 505 g/mol. The fraction of sp³-hybridized carbons (Fsp3) is 0.389. The number of carbonyl (C=O) groups excluding carboxylic acids is 5. The van der Waals surface area contributed by atoms with E-state index in [1.165, 1.54) is 17.0 Å². The van der Waals surface area contributed by atoms with E-state index in [0.717, 1.165) is 0 Å². The summed E-state index contributed by atoms with van der Waals surface area (Å²) in [6, 6.07) is 4.18. The van der Waals surface area contributed by atoms with Gasteiger partial charge in [-0.25, -0.2) is 17.5 Å². The third-order valence-corrected chi connectivity index (χ3v) is 6.09. The van der Waals surface area contributed by atoms with Crippen LogP contribution in [0.4, 0.5) is 4.79 Å². The van der Waals surface area contributed by atoms with Gasteiger partial charge < -0.3 is 20.1 Å². The Morgan fingerprint density at radius 2 is 1.76 bits per heavy atom. The van der Waals surface area contributed by atoms with Gasteiger partial charge in [-0.1, -0.05) is 30.3 Å². The van der Waals surface area contributed by atoms with Crippen LogP contribution in [-0.2, 0) is 29.5 Å². The van der Waals surface area contributed by atoms with Gasteiger partial charge in [0.15, 0.2) is 10.3 Å². The Labute approximate surface area is 221 Å². The number of rotatable bonds is 7. The summed E-state index contributed by atoms with van der Waals surface area (Å²) in [5, 5.41) is 4.64. The van der Waals surface area contributed by atoms with Crippen molar-refractivity contribution in [1.29, 1.82) is 0 Å². The molecule has 1 aromatic rings. The van der Waals surface area contributed by atoms with Gasteiger partial charge in [0.25, 0.3) is 5.91 Å². The number of amides is 6. The molecule has 2 heterocycles. The average molecular weight is 524 g/mol. The van der Waals surface area contributed by atoms with Crippen molar-refractivity contribution >= 4 is 51.6 Å². The van der Waals surface area contributed by atoms with Gasteiger partial charge in [0, 0.05) is 25.5 Å². The molecule has 2 fully saturated rings. The maximum atomic E-state index is 12.8. The molecular formula is C18H19ClN5NaO8S. The Balaban J connectivity index is 0.00000408. The zero-order valence-electron chi connectivity index (χ0n) is 18.0. The molecule has 178 valence electrons. The van der Waals surface area contributed by atoms with Crippen LogP contribution < -0.4 is 40.2 Å². The summed E-state index contributed by atoms with van der Waals surface area (Å²) < 4.78 is 32.9. The predicted octanol–water partition coefficient (Wildman–Crippen LogP) is -4.86. The maximum absolute atomic E-state index is 12.8. The number of hydrogen-bond donors (Lipinski definition) is 2. The van der Waals surface area contributed by atoms with Crippen LogP contribution in [0.5, 0.6) is 0 Å². The molecule has 13 nitrogen and oxygen atoms in total. The number of piperazine rings is 1. The summed E-state index contributed by atoms with van der Waals surface area (Å²) in [6.45, 7) is -0.444. The van der Waals surface area contributed by atoms with Crippen LogP contribution in [0.15, 0.2) is 30.3 Å². The molecule has 3 rings (SSSR count). The van der Waals surface area contributed by atoms with E-state index in [1.807, 2.05) is 0 Å². The van der Waals surface area contributed by atoms with Gasteiger partial charge in [-0.2, -0.15) is 0 Å². The van der Waals surface area contributed by atoms with Crippen molar-refractivity contribution in [2.45, 2.75) is 12.1 Å². The van der Waals surface area contributed by atoms with Crippen molar-refractivity contribution in [1.82, 2.24) is 24.7 Å². The third-order valence-electron chi connectivity index (χ3n) is 5.05. The summed E-state index contributed by atoms with van der Waals surface area (Å²) in [4.78, 5) is 63.8. The molecule has 2 aliphatic rings. The number of imide groups is 1. The van der Waals surface area contributed by atoms with Gasteiger partial charge >= 0.3 is 47.4 Å². The second kappa shape index (κ2) is 11.5. The van der Waals surface area contributed by atoms with Crippen molar-refractivity contribution in [2.24, 2.45) is 0 Å². The molecule has 2 unspecified atom stereocenters. The number of alkyl halides is 1. The number of hydrogen-bond acceptors (Lipinski definition) is 8.